The molecule has 2 amide bonds. The maximum atomic E-state index is 12.8. The summed E-state index contributed by atoms with van der Waals surface area (Å²) >= 11 is 0. The smallest absolute Gasteiger partial charge is 0.408 e. The van der Waals surface area contributed by atoms with Crippen LogP contribution in [0.1, 0.15) is 16.7 Å². The fourth-order valence-electron chi connectivity index (χ4n) is 3.02. The summed E-state index contributed by atoms with van der Waals surface area (Å²) in [6.45, 7) is 0.479. The quantitative estimate of drug-likeness (QED) is 0.553. The number of methoxy groups -OCH3 is 1. The molecule has 6 heteroatoms. The minimum atomic E-state index is -0.760. The van der Waals surface area contributed by atoms with E-state index in [4.69, 9.17) is 9.47 Å². The minimum absolute atomic E-state index is 0.137. The van der Waals surface area contributed by atoms with Crippen LogP contribution in [-0.4, -0.2) is 25.2 Å². The number of ether oxygens (including phenoxy) is 2. The average molecular weight is 418 g/mol. The molecule has 0 radical (unpaired) electrons. The lowest BCUT2D eigenvalue weighted by atomic mass is 10.1. The highest BCUT2D eigenvalue weighted by Crippen LogP contribution is 2.11. The van der Waals surface area contributed by atoms with Gasteiger partial charge in [-0.1, -0.05) is 72.8 Å². The van der Waals surface area contributed by atoms with Gasteiger partial charge in [-0.3, -0.25) is 4.79 Å². The summed E-state index contributed by atoms with van der Waals surface area (Å²) in [6, 6.07) is 25.6. The third-order valence-corrected chi connectivity index (χ3v) is 4.73. The molecule has 3 aromatic rings. The molecule has 0 fully saturated rings. The van der Waals surface area contributed by atoms with Gasteiger partial charge in [0.1, 0.15) is 18.4 Å². The molecule has 2 N–H and O–H groups in total. The molecule has 0 aromatic heterocycles. The summed E-state index contributed by atoms with van der Waals surface area (Å²) in [5.41, 5.74) is 2.75. The predicted octanol–water partition coefficient (Wildman–Crippen LogP) is 3.85. The Morgan fingerprint density at radius 3 is 2.03 bits per heavy atom. The highest BCUT2D eigenvalue weighted by molar-refractivity contribution is 5.85. The topological polar surface area (TPSA) is 76.7 Å². The van der Waals surface area contributed by atoms with Crippen LogP contribution in [0.3, 0.4) is 0 Å². The zero-order valence-electron chi connectivity index (χ0n) is 17.4. The van der Waals surface area contributed by atoms with Crippen LogP contribution >= 0.6 is 0 Å². The predicted molar refractivity (Wildman–Crippen MR) is 119 cm³/mol. The molecule has 6 nitrogen and oxygen atoms in total. The van der Waals surface area contributed by atoms with E-state index >= 15 is 0 Å². The van der Waals surface area contributed by atoms with Gasteiger partial charge in [0.05, 0.1) is 7.11 Å². The van der Waals surface area contributed by atoms with Gasteiger partial charge in [0.2, 0.25) is 5.91 Å². The van der Waals surface area contributed by atoms with Gasteiger partial charge in [-0.15, -0.1) is 0 Å². The van der Waals surface area contributed by atoms with E-state index in [0.717, 1.165) is 22.4 Å². The number of hydrogen-bond acceptors (Lipinski definition) is 4. The number of rotatable bonds is 9. The van der Waals surface area contributed by atoms with Gasteiger partial charge in [-0.05, 0) is 28.8 Å². The summed E-state index contributed by atoms with van der Waals surface area (Å²) in [7, 11) is 1.60. The summed E-state index contributed by atoms with van der Waals surface area (Å²) < 4.78 is 10.4. The van der Waals surface area contributed by atoms with Crippen molar-refractivity contribution in [2.75, 3.05) is 7.11 Å². The van der Waals surface area contributed by atoms with Crippen molar-refractivity contribution in [3.8, 4) is 5.75 Å². The Labute approximate surface area is 182 Å². The van der Waals surface area contributed by atoms with E-state index < -0.39 is 12.1 Å². The zero-order chi connectivity index (χ0) is 21.9. The fourth-order valence-corrected chi connectivity index (χ4v) is 3.02. The first-order chi connectivity index (χ1) is 15.1. The maximum Gasteiger partial charge on any atom is 0.408 e. The molecule has 160 valence electrons. The van der Waals surface area contributed by atoms with Gasteiger partial charge < -0.3 is 20.1 Å². The summed E-state index contributed by atoms with van der Waals surface area (Å²) in [5.74, 6) is 0.469. The van der Waals surface area contributed by atoms with Crippen molar-refractivity contribution in [3.63, 3.8) is 0 Å². The summed E-state index contributed by atoms with van der Waals surface area (Å²) in [4.78, 5) is 25.2. The molecule has 0 saturated heterocycles. The molecule has 0 aliphatic rings. The van der Waals surface area contributed by atoms with Crippen molar-refractivity contribution < 1.29 is 19.1 Å². The number of amides is 2. The van der Waals surface area contributed by atoms with E-state index in [1.54, 1.807) is 7.11 Å². The van der Waals surface area contributed by atoms with Crippen LogP contribution in [0.25, 0.3) is 0 Å². The number of alkyl carbamates (subject to hydrolysis) is 1. The van der Waals surface area contributed by atoms with Crippen LogP contribution in [0.15, 0.2) is 84.9 Å². The molecule has 0 saturated carbocycles. The monoisotopic (exact) mass is 418 g/mol. The second kappa shape index (κ2) is 11.4. The lowest BCUT2D eigenvalue weighted by Crippen LogP contribution is -2.48. The molecule has 0 spiro atoms. The first-order valence-corrected chi connectivity index (χ1v) is 10.1. The molecule has 0 heterocycles. The van der Waals surface area contributed by atoms with Crippen molar-refractivity contribution in [1.82, 2.24) is 10.6 Å². The Morgan fingerprint density at radius 1 is 0.806 bits per heavy atom. The molecule has 0 aliphatic heterocycles. The molecule has 31 heavy (non-hydrogen) atoms. The summed E-state index contributed by atoms with van der Waals surface area (Å²) in [5, 5.41) is 5.58. The fraction of sp³-hybridized carbons (Fsp3) is 0.200. The summed E-state index contributed by atoms with van der Waals surface area (Å²) in [6.07, 6.45) is -0.278. The number of nitrogens with one attached hydrogen (secondary N) is 2. The van der Waals surface area contributed by atoms with Gasteiger partial charge in [-0.2, -0.15) is 0 Å². The van der Waals surface area contributed by atoms with E-state index in [1.807, 2.05) is 84.9 Å². The minimum Gasteiger partial charge on any atom is -0.497 e. The average Bonchev–Trinajstić information content (AvgIpc) is 2.82. The molecule has 1 atom stereocenters. The van der Waals surface area contributed by atoms with Crippen LogP contribution in [0.2, 0.25) is 0 Å². The molecule has 0 aliphatic carbocycles. The number of benzene rings is 3. The lowest BCUT2D eigenvalue weighted by Gasteiger charge is -2.19. The van der Waals surface area contributed by atoms with E-state index in [0.29, 0.717) is 13.0 Å². The van der Waals surface area contributed by atoms with E-state index in [2.05, 4.69) is 10.6 Å². The van der Waals surface area contributed by atoms with Gasteiger partial charge >= 0.3 is 6.09 Å². The number of carbonyl (C=O) groups excluding carboxylic acids is 2. The molecular weight excluding hydrogens is 392 g/mol. The van der Waals surface area contributed by atoms with Crippen molar-refractivity contribution in [1.29, 1.82) is 0 Å². The Bertz CT molecular complexity index is 960. The lowest BCUT2D eigenvalue weighted by molar-refractivity contribution is -0.123. The normalized spacial score (nSPS) is 11.3. The Hall–Kier alpha value is -3.80. The van der Waals surface area contributed by atoms with Crippen molar-refractivity contribution in [2.24, 2.45) is 0 Å². The van der Waals surface area contributed by atoms with Crippen LogP contribution < -0.4 is 15.4 Å². The standard InChI is InChI=1S/C25H26N2O4/c1-30-22-14-12-20(13-15-22)17-26-24(28)23(16-19-8-4-2-5-9-19)27-25(29)31-18-21-10-6-3-7-11-21/h2-15,23H,16-18H2,1H3,(H,26,28)(H,27,29)/t23-/m0/s1. The largest absolute Gasteiger partial charge is 0.497 e. The number of carbonyl (C=O) groups is 2. The third-order valence-electron chi connectivity index (χ3n) is 4.73. The highest BCUT2D eigenvalue weighted by Gasteiger charge is 2.22. The Morgan fingerprint density at radius 2 is 1.42 bits per heavy atom. The zero-order valence-corrected chi connectivity index (χ0v) is 17.4. The first kappa shape index (κ1) is 21.9. The van der Waals surface area contributed by atoms with Crippen LogP contribution in [0.4, 0.5) is 4.79 Å². The Kier molecular flexibility index (Phi) is 8.05. The molecule has 3 rings (SSSR count). The van der Waals surface area contributed by atoms with Gasteiger partial charge in [-0.25, -0.2) is 4.79 Å². The Balaban J connectivity index is 1.60. The van der Waals surface area contributed by atoms with E-state index in [1.165, 1.54) is 0 Å². The van der Waals surface area contributed by atoms with E-state index in [9.17, 15) is 9.59 Å². The molecular formula is C25H26N2O4. The second-order valence-corrected chi connectivity index (χ2v) is 7.01. The second-order valence-electron chi connectivity index (χ2n) is 7.01. The molecule has 0 unspecified atom stereocenters. The van der Waals surface area contributed by atoms with E-state index in [-0.39, 0.29) is 12.5 Å². The van der Waals surface area contributed by atoms with Crippen molar-refractivity contribution in [3.05, 3.63) is 102 Å². The van der Waals surface area contributed by atoms with Crippen LogP contribution in [0.5, 0.6) is 5.75 Å². The highest BCUT2D eigenvalue weighted by atomic mass is 16.5. The third kappa shape index (κ3) is 7.19. The SMILES string of the molecule is COc1ccc(CNC(=O)[C@H](Cc2ccccc2)NC(=O)OCc2ccccc2)cc1. The van der Waals surface area contributed by atoms with Gasteiger partial charge in [0.25, 0.3) is 0 Å². The van der Waals surface area contributed by atoms with Crippen molar-refractivity contribution >= 4 is 12.0 Å². The van der Waals surface area contributed by atoms with Gasteiger partial charge in [0, 0.05) is 13.0 Å². The maximum absolute atomic E-state index is 12.8. The molecule has 0 bridgehead atoms. The van der Waals surface area contributed by atoms with Gasteiger partial charge in [0.15, 0.2) is 0 Å². The number of hydrogen-bond donors (Lipinski definition) is 2. The van der Waals surface area contributed by atoms with Crippen LogP contribution in [-0.2, 0) is 29.1 Å². The first-order valence-electron chi connectivity index (χ1n) is 10.1. The van der Waals surface area contributed by atoms with Crippen LogP contribution in [0, 0.1) is 0 Å². The van der Waals surface area contributed by atoms with Crippen molar-refractivity contribution in [2.45, 2.75) is 25.6 Å². The molecule has 3 aromatic carbocycles.